The van der Waals surface area contributed by atoms with Gasteiger partial charge in [0, 0.05) is 25.7 Å². The molecular formula is C17H32N2O6. The quantitative estimate of drug-likeness (QED) is 0.450. The van der Waals surface area contributed by atoms with E-state index in [4.69, 9.17) is 19.3 Å². The minimum absolute atomic E-state index is 0.244. The summed E-state index contributed by atoms with van der Waals surface area (Å²) in [5.41, 5.74) is -0.461. The molecule has 1 rings (SSSR count). The molecule has 0 atom stereocenters. The zero-order chi connectivity index (χ0) is 18.7. The summed E-state index contributed by atoms with van der Waals surface area (Å²) in [4.78, 5) is 23.7. The molecule has 8 nitrogen and oxygen atoms in total. The first-order chi connectivity index (χ1) is 11.8. The van der Waals surface area contributed by atoms with Gasteiger partial charge in [0.25, 0.3) is 0 Å². The molecule has 146 valence electrons. The number of hydrogen-bond acceptors (Lipinski definition) is 6. The van der Waals surface area contributed by atoms with Crippen molar-refractivity contribution in [2.75, 3.05) is 46.1 Å². The first-order valence-electron chi connectivity index (χ1n) is 8.86. The van der Waals surface area contributed by atoms with E-state index in [9.17, 15) is 9.59 Å². The van der Waals surface area contributed by atoms with Gasteiger partial charge in [-0.25, -0.2) is 4.79 Å². The van der Waals surface area contributed by atoms with Crippen molar-refractivity contribution >= 4 is 12.1 Å². The Labute approximate surface area is 149 Å². The summed E-state index contributed by atoms with van der Waals surface area (Å²) < 4.78 is 16.0. The first-order valence-corrected chi connectivity index (χ1v) is 8.86. The number of rotatable bonds is 10. The van der Waals surface area contributed by atoms with E-state index in [2.05, 4.69) is 5.32 Å². The van der Waals surface area contributed by atoms with Crippen molar-refractivity contribution in [2.45, 2.75) is 51.7 Å². The predicted octanol–water partition coefficient (Wildman–Crippen LogP) is 1.48. The third-order valence-electron chi connectivity index (χ3n) is 3.69. The Kier molecular flexibility index (Phi) is 9.77. The summed E-state index contributed by atoms with van der Waals surface area (Å²) >= 11 is 0. The molecule has 2 N–H and O–H groups in total. The number of hydrogen-bond donors (Lipinski definition) is 2. The molecule has 0 saturated carbocycles. The molecule has 0 unspecified atom stereocenters. The lowest BCUT2D eigenvalue weighted by Gasteiger charge is -2.30. The van der Waals surface area contributed by atoms with Gasteiger partial charge >= 0.3 is 12.1 Å². The maximum absolute atomic E-state index is 11.5. The highest BCUT2D eigenvalue weighted by atomic mass is 16.6. The summed E-state index contributed by atoms with van der Waals surface area (Å²) in [6.07, 6.45) is 1.07. The second kappa shape index (κ2) is 11.3. The van der Waals surface area contributed by atoms with Gasteiger partial charge in [0.15, 0.2) is 0 Å². The van der Waals surface area contributed by atoms with Crippen molar-refractivity contribution in [3.63, 3.8) is 0 Å². The highest BCUT2D eigenvalue weighted by Crippen LogP contribution is 2.10. The molecule has 1 fully saturated rings. The lowest BCUT2D eigenvalue weighted by atomic mass is 10.1. The van der Waals surface area contributed by atoms with Crippen LogP contribution in [0.4, 0.5) is 4.79 Å². The largest absolute Gasteiger partial charge is 0.465 e. The van der Waals surface area contributed by atoms with Crippen LogP contribution in [0.2, 0.25) is 0 Å². The number of nitrogens with one attached hydrogen (secondary N) is 1. The number of esters is 1. The number of carbonyl (C=O) groups excluding carboxylic acids is 1. The molecule has 0 aromatic rings. The Balaban J connectivity index is 1.88. The molecule has 25 heavy (non-hydrogen) atoms. The molecule has 1 aliphatic rings. The Bertz CT molecular complexity index is 402. The molecule has 1 heterocycles. The number of nitrogens with zero attached hydrogens (tertiary/aromatic N) is 1. The van der Waals surface area contributed by atoms with Crippen LogP contribution < -0.4 is 5.32 Å². The summed E-state index contributed by atoms with van der Waals surface area (Å²) in [7, 11) is 0. The maximum Gasteiger partial charge on any atom is 0.407 e. The Morgan fingerprint density at radius 2 is 1.68 bits per heavy atom. The van der Waals surface area contributed by atoms with E-state index in [1.165, 1.54) is 4.90 Å². The third kappa shape index (κ3) is 11.0. The summed E-state index contributed by atoms with van der Waals surface area (Å²) in [6.45, 7) is 9.24. The number of likely N-dealkylation sites (tertiary alicyclic amines) is 1. The smallest absolute Gasteiger partial charge is 0.407 e. The van der Waals surface area contributed by atoms with Crippen LogP contribution in [0, 0.1) is 0 Å². The fraction of sp³-hybridized carbons (Fsp3) is 0.882. The molecular weight excluding hydrogens is 328 g/mol. The van der Waals surface area contributed by atoms with Gasteiger partial charge < -0.3 is 29.5 Å². The average Bonchev–Trinajstić information content (AvgIpc) is 2.52. The van der Waals surface area contributed by atoms with Crippen molar-refractivity contribution in [1.82, 2.24) is 10.2 Å². The molecule has 0 aromatic carbocycles. The predicted molar refractivity (Wildman–Crippen MR) is 92.7 cm³/mol. The number of ether oxygens (including phenoxy) is 3. The Morgan fingerprint density at radius 1 is 1.08 bits per heavy atom. The highest BCUT2D eigenvalue weighted by Gasteiger charge is 2.21. The van der Waals surface area contributed by atoms with Crippen LogP contribution in [0.1, 0.15) is 40.0 Å². The Morgan fingerprint density at radius 3 is 2.24 bits per heavy atom. The fourth-order valence-corrected chi connectivity index (χ4v) is 2.48. The normalized spacial score (nSPS) is 16.0. The van der Waals surface area contributed by atoms with Gasteiger partial charge in [-0.3, -0.25) is 4.79 Å². The van der Waals surface area contributed by atoms with Crippen LogP contribution in [0.15, 0.2) is 0 Å². The zero-order valence-electron chi connectivity index (χ0n) is 15.6. The van der Waals surface area contributed by atoms with E-state index in [1.54, 1.807) is 0 Å². The van der Waals surface area contributed by atoms with Crippen molar-refractivity contribution in [1.29, 1.82) is 0 Å². The third-order valence-corrected chi connectivity index (χ3v) is 3.69. The number of amides is 1. The number of carbonyl (C=O) groups is 2. The lowest BCUT2D eigenvalue weighted by Crippen LogP contribution is -2.45. The molecule has 1 amide bonds. The van der Waals surface area contributed by atoms with Gasteiger partial charge in [-0.15, -0.1) is 0 Å². The second-order valence-electron chi connectivity index (χ2n) is 7.06. The summed E-state index contributed by atoms with van der Waals surface area (Å²) in [5.74, 6) is -0.258. The van der Waals surface area contributed by atoms with Gasteiger partial charge in [0.2, 0.25) is 0 Å². The summed E-state index contributed by atoms with van der Waals surface area (Å²) in [5, 5.41) is 12.3. The molecule has 0 aromatic heterocycles. The molecule has 0 radical (unpaired) electrons. The van der Waals surface area contributed by atoms with Crippen molar-refractivity contribution < 1.29 is 28.9 Å². The van der Waals surface area contributed by atoms with Crippen LogP contribution in [0.5, 0.6) is 0 Å². The van der Waals surface area contributed by atoms with Gasteiger partial charge in [0.1, 0.15) is 5.60 Å². The lowest BCUT2D eigenvalue weighted by molar-refractivity contribution is -0.156. The maximum atomic E-state index is 11.5. The first kappa shape index (κ1) is 21.7. The van der Waals surface area contributed by atoms with E-state index in [1.807, 2.05) is 20.8 Å². The molecule has 1 aliphatic heterocycles. The van der Waals surface area contributed by atoms with Gasteiger partial charge in [-0.2, -0.15) is 0 Å². The van der Waals surface area contributed by atoms with Crippen LogP contribution in [-0.2, 0) is 19.0 Å². The molecule has 0 aliphatic carbocycles. The van der Waals surface area contributed by atoms with Crippen molar-refractivity contribution in [3.8, 4) is 0 Å². The minimum Gasteiger partial charge on any atom is -0.465 e. The monoisotopic (exact) mass is 360 g/mol. The van der Waals surface area contributed by atoms with Crippen molar-refractivity contribution in [2.24, 2.45) is 0 Å². The topological polar surface area (TPSA) is 97.3 Å². The Hall–Kier alpha value is -1.38. The van der Waals surface area contributed by atoms with E-state index in [-0.39, 0.29) is 12.4 Å². The van der Waals surface area contributed by atoms with Crippen LogP contribution in [0.3, 0.4) is 0 Å². The number of carboxylic acid groups (broad SMARTS) is 1. The molecule has 8 heteroatoms. The van der Waals surface area contributed by atoms with Gasteiger partial charge in [-0.1, -0.05) is 0 Å². The van der Waals surface area contributed by atoms with Crippen LogP contribution >= 0.6 is 0 Å². The van der Waals surface area contributed by atoms with E-state index in [0.29, 0.717) is 45.6 Å². The zero-order valence-corrected chi connectivity index (χ0v) is 15.6. The highest BCUT2D eigenvalue weighted by molar-refractivity contribution is 5.69. The molecule has 0 spiro atoms. The van der Waals surface area contributed by atoms with Crippen LogP contribution in [-0.4, -0.2) is 79.8 Å². The summed E-state index contributed by atoms with van der Waals surface area (Å²) in [6, 6.07) is 0.351. The average molecular weight is 360 g/mol. The van der Waals surface area contributed by atoms with Crippen molar-refractivity contribution in [3.05, 3.63) is 0 Å². The van der Waals surface area contributed by atoms with Gasteiger partial charge in [0.05, 0.1) is 32.8 Å². The SMILES string of the molecule is CC(C)(C)OC(=O)CCOCCOCCNC1CCN(C(=O)O)CC1. The fourth-order valence-electron chi connectivity index (χ4n) is 2.48. The van der Waals surface area contributed by atoms with Crippen LogP contribution in [0.25, 0.3) is 0 Å². The second-order valence-corrected chi connectivity index (χ2v) is 7.06. The molecule has 1 saturated heterocycles. The number of piperidine rings is 1. The van der Waals surface area contributed by atoms with E-state index >= 15 is 0 Å². The van der Waals surface area contributed by atoms with E-state index in [0.717, 1.165) is 19.4 Å². The standard InChI is InChI=1S/C17H32N2O6/c1-17(2,3)25-15(20)6-10-23-12-13-24-11-7-18-14-4-8-19(9-5-14)16(21)22/h14,18H,4-13H2,1-3H3,(H,21,22). The minimum atomic E-state index is -0.839. The van der Waals surface area contributed by atoms with Gasteiger partial charge in [-0.05, 0) is 33.6 Å². The van der Waals surface area contributed by atoms with E-state index < -0.39 is 11.7 Å². The molecule has 0 bridgehead atoms.